The summed E-state index contributed by atoms with van der Waals surface area (Å²) in [5, 5.41) is 13.5. The summed E-state index contributed by atoms with van der Waals surface area (Å²) in [5.74, 6) is -0.257. The van der Waals surface area contributed by atoms with E-state index in [0.29, 0.717) is 17.4 Å². The van der Waals surface area contributed by atoms with Gasteiger partial charge in [0.1, 0.15) is 0 Å². The van der Waals surface area contributed by atoms with Crippen LogP contribution in [0.5, 0.6) is 0 Å². The Hall–Kier alpha value is -3.33. The van der Waals surface area contributed by atoms with Gasteiger partial charge >= 0.3 is 5.97 Å². The lowest BCUT2D eigenvalue weighted by molar-refractivity contribution is 0.0694. The second-order valence-electron chi connectivity index (χ2n) is 7.50. The maximum atomic E-state index is 11.8. The molecule has 2 N–H and O–H groups in total. The van der Waals surface area contributed by atoms with Crippen molar-refractivity contribution in [3.05, 3.63) is 102 Å². The van der Waals surface area contributed by atoms with Crippen molar-refractivity contribution in [2.75, 3.05) is 5.32 Å². The molecule has 0 saturated carbocycles. The highest BCUT2D eigenvalue weighted by Crippen LogP contribution is 2.52. The number of hydrogen-bond donors (Lipinski definition) is 2. The average molecular weight is 367 g/mol. The lowest BCUT2D eigenvalue weighted by Crippen LogP contribution is -2.30. The third-order valence-electron chi connectivity index (χ3n) is 6.01. The van der Waals surface area contributed by atoms with Crippen LogP contribution in [-0.4, -0.2) is 11.1 Å². The first-order valence-electron chi connectivity index (χ1n) is 9.68. The Morgan fingerprint density at radius 2 is 1.64 bits per heavy atom. The van der Waals surface area contributed by atoms with Crippen LogP contribution in [-0.2, 0) is 0 Å². The zero-order chi connectivity index (χ0) is 19.1. The van der Waals surface area contributed by atoms with Crippen LogP contribution in [0.15, 0.2) is 84.9 Å². The van der Waals surface area contributed by atoms with Gasteiger partial charge in [-0.05, 0) is 35.1 Å². The molecule has 1 aliphatic carbocycles. The second kappa shape index (κ2) is 6.68. The van der Waals surface area contributed by atoms with Gasteiger partial charge in [-0.3, -0.25) is 0 Å². The van der Waals surface area contributed by atoms with Crippen molar-refractivity contribution in [1.29, 1.82) is 0 Å². The van der Waals surface area contributed by atoms with Crippen molar-refractivity contribution in [2.45, 2.75) is 18.4 Å². The lowest BCUT2D eigenvalue weighted by atomic mass is 9.75. The zero-order valence-electron chi connectivity index (χ0n) is 15.4. The maximum absolute atomic E-state index is 11.8. The number of benzene rings is 3. The number of rotatable bonds is 3. The van der Waals surface area contributed by atoms with Gasteiger partial charge in [0.25, 0.3) is 0 Å². The molecule has 2 aliphatic rings. The quantitative estimate of drug-likeness (QED) is 0.569. The SMILES string of the molecule is O=C(O)c1ccccc1[C@@H]1Nc2c(-c3ccccc3)cccc2[C@@H]2C=CC[C@@H]21. The summed E-state index contributed by atoms with van der Waals surface area (Å²) in [5.41, 5.74) is 5.98. The third-order valence-corrected chi connectivity index (χ3v) is 6.01. The summed E-state index contributed by atoms with van der Waals surface area (Å²) in [6.45, 7) is 0. The van der Waals surface area contributed by atoms with E-state index >= 15 is 0 Å². The van der Waals surface area contributed by atoms with Gasteiger partial charge in [-0.25, -0.2) is 4.79 Å². The van der Waals surface area contributed by atoms with E-state index in [1.54, 1.807) is 12.1 Å². The van der Waals surface area contributed by atoms with Crippen molar-refractivity contribution in [2.24, 2.45) is 5.92 Å². The molecule has 0 aromatic heterocycles. The third kappa shape index (κ3) is 2.63. The molecule has 0 unspecified atom stereocenters. The van der Waals surface area contributed by atoms with Crippen LogP contribution >= 0.6 is 0 Å². The molecule has 0 fully saturated rings. The Morgan fingerprint density at radius 3 is 2.46 bits per heavy atom. The molecule has 5 rings (SSSR count). The topological polar surface area (TPSA) is 49.3 Å². The smallest absolute Gasteiger partial charge is 0.336 e. The lowest BCUT2D eigenvalue weighted by Gasteiger charge is -2.39. The Labute approximate surface area is 164 Å². The van der Waals surface area contributed by atoms with Crippen molar-refractivity contribution in [1.82, 2.24) is 0 Å². The molecule has 3 nitrogen and oxygen atoms in total. The fourth-order valence-corrected chi connectivity index (χ4v) is 4.75. The molecule has 0 radical (unpaired) electrons. The van der Waals surface area contributed by atoms with E-state index in [2.05, 4.69) is 47.8 Å². The number of aromatic carboxylic acids is 1. The van der Waals surface area contributed by atoms with Crippen molar-refractivity contribution >= 4 is 11.7 Å². The van der Waals surface area contributed by atoms with Crippen LogP contribution in [0.3, 0.4) is 0 Å². The Bertz CT molecular complexity index is 1070. The van der Waals surface area contributed by atoms with Crippen LogP contribution in [0.2, 0.25) is 0 Å². The minimum Gasteiger partial charge on any atom is -0.478 e. The molecule has 3 aromatic carbocycles. The van der Waals surface area contributed by atoms with Gasteiger partial charge < -0.3 is 10.4 Å². The predicted octanol–water partition coefficient (Wildman–Crippen LogP) is 5.88. The van der Waals surface area contributed by atoms with Gasteiger partial charge in [0.2, 0.25) is 0 Å². The van der Waals surface area contributed by atoms with E-state index in [-0.39, 0.29) is 6.04 Å². The van der Waals surface area contributed by atoms with Crippen LogP contribution in [0.25, 0.3) is 11.1 Å². The van der Waals surface area contributed by atoms with Gasteiger partial charge in [0, 0.05) is 17.2 Å². The fourth-order valence-electron chi connectivity index (χ4n) is 4.75. The van der Waals surface area contributed by atoms with E-state index in [4.69, 9.17) is 0 Å². The van der Waals surface area contributed by atoms with Gasteiger partial charge in [-0.15, -0.1) is 0 Å². The van der Waals surface area contributed by atoms with Crippen molar-refractivity contribution < 1.29 is 9.90 Å². The Kier molecular flexibility index (Phi) is 4.01. The largest absolute Gasteiger partial charge is 0.478 e. The molecule has 3 heteroatoms. The molecule has 1 aliphatic heterocycles. The van der Waals surface area contributed by atoms with E-state index in [9.17, 15) is 9.90 Å². The van der Waals surface area contributed by atoms with Crippen LogP contribution in [0.4, 0.5) is 5.69 Å². The summed E-state index contributed by atoms with van der Waals surface area (Å²) in [7, 11) is 0. The average Bonchev–Trinajstić information content (AvgIpc) is 3.23. The number of para-hydroxylation sites is 1. The predicted molar refractivity (Wildman–Crippen MR) is 112 cm³/mol. The standard InChI is InChI=1S/C25H21NO2/c27-25(28)22-11-5-4-10-21(22)24-20-15-7-13-18(20)19-14-6-12-17(23(19)26-24)16-8-2-1-3-9-16/h1-14,18,20,24,26H,15H2,(H,27,28)/t18-,20-,24+/m0/s1. The number of fused-ring (bicyclic) bond motifs is 3. The van der Waals surface area contributed by atoms with Crippen molar-refractivity contribution in [3.8, 4) is 11.1 Å². The monoisotopic (exact) mass is 367 g/mol. The molecule has 3 atom stereocenters. The number of nitrogens with one attached hydrogen (secondary N) is 1. The highest BCUT2D eigenvalue weighted by molar-refractivity contribution is 5.90. The van der Waals surface area contributed by atoms with E-state index in [1.807, 2.05) is 30.3 Å². The summed E-state index contributed by atoms with van der Waals surface area (Å²) < 4.78 is 0. The molecule has 1 heterocycles. The molecule has 0 amide bonds. The van der Waals surface area contributed by atoms with Gasteiger partial charge in [-0.2, -0.15) is 0 Å². The Morgan fingerprint density at radius 1 is 0.893 bits per heavy atom. The first-order chi connectivity index (χ1) is 13.7. The molecule has 0 spiro atoms. The fraction of sp³-hybridized carbons (Fsp3) is 0.160. The first-order valence-corrected chi connectivity index (χ1v) is 9.68. The maximum Gasteiger partial charge on any atom is 0.336 e. The molecule has 0 saturated heterocycles. The molecule has 0 bridgehead atoms. The van der Waals surface area contributed by atoms with Gasteiger partial charge in [0.05, 0.1) is 11.6 Å². The first kappa shape index (κ1) is 16.8. The highest BCUT2D eigenvalue weighted by Gasteiger charge is 2.39. The van der Waals surface area contributed by atoms with E-state index in [0.717, 1.165) is 28.8 Å². The molecule has 138 valence electrons. The van der Waals surface area contributed by atoms with Gasteiger partial charge in [-0.1, -0.05) is 78.9 Å². The molecule has 3 aromatic rings. The Balaban J connectivity index is 1.68. The summed E-state index contributed by atoms with van der Waals surface area (Å²) in [6.07, 6.45) is 5.47. The normalized spacial score (nSPS) is 22.2. The number of carbonyl (C=O) groups is 1. The van der Waals surface area contributed by atoms with Crippen LogP contribution in [0, 0.1) is 5.92 Å². The highest BCUT2D eigenvalue weighted by atomic mass is 16.4. The summed E-state index contributed by atoms with van der Waals surface area (Å²) in [4.78, 5) is 11.8. The van der Waals surface area contributed by atoms with Gasteiger partial charge in [0.15, 0.2) is 0 Å². The number of carboxylic acids is 1. The van der Waals surface area contributed by atoms with Crippen molar-refractivity contribution in [3.63, 3.8) is 0 Å². The number of anilines is 1. The molecular weight excluding hydrogens is 346 g/mol. The summed E-state index contributed by atoms with van der Waals surface area (Å²) >= 11 is 0. The molecule has 28 heavy (non-hydrogen) atoms. The zero-order valence-corrected chi connectivity index (χ0v) is 15.4. The summed E-state index contributed by atoms with van der Waals surface area (Å²) in [6, 6.07) is 24.2. The van der Waals surface area contributed by atoms with E-state index in [1.165, 1.54) is 5.56 Å². The number of carboxylic acid groups (broad SMARTS) is 1. The van der Waals surface area contributed by atoms with Crippen LogP contribution < -0.4 is 5.32 Å². The second-order valence-corrected chi connectivity index (χ2v) is 7.50. The number of allylic oxidation sites excluding steroid dienone is 2. The number of hydrogen-bond acceptors (Lipinski definition) is 2. The minimum atomic E-state index is -0.873. The van der Waals surface area contributed by atoms with E-state index < -0.39 is 5.97 Å². The van der Waals surface area contributed by atoms with Crippen LogP contribution in [0.1, 0.15) is 39.9 Å². The minimum absolute atomic E-state index is 0.0373. The molecular formula is C25H21NO2.